The molecule has 1 amide bonds. The molecule has 0 spiro atoms. The summed E-state index contributed by atoms with van der Waals surface area (Å²) in [5, 5.41) is 3.09. The van der Waals surface area contributed by atoms with Crippen molar-refractivity contribution in [3.8, 4) is 11.3 Å². The van der Waals surface area contributed by atoms with Crippen LogP contribution in [0.5, 0.6) is 0 Å². The molecule has 1 aromatic carbocycles. The van der Waals surface area contributed by atoms with E-state index >= 15 is 0 Å². The van der Waals surface area contributed by atoms with Crippen molar-refractivity contribution in [2.45, 2.75) is 12.5 Å². The maximum Gasteiger partial charge on any atom is 0.315 e. The van der Waals surface area contributed by atoms with Crippen molar-refractivity contribution in [1.82, 2.24) is 24.8 Å². The van der Waals surface area contributed by atoms with Gasteiger partial charge in [-0.15, -0.1) is 0 Å². The number of ether oxygens (including phenoxy) is 1. The standard InChI is InChI=1S/C25H29F2N7O2/c1-28-24-22-20(29-5-6-30-22)14-19(31-24)17-4-3-16(33-9-7-32(2)8-10-33)13-18(17)21-15-34(11-12-36-21)25(35)23(26)27/h3-6,13-14,21,23H,7-12,15H2,1-2H3,(H,28,31). The highest BCUT2D eigenvalue weighted by Crippen LogP contribution is 2.36. The number of rotatable bonds is 5. The number of carbonyl (C=O) groups excluding carboxylic acids is 1. The SMILES string of the molecule is CNc1nc(-c2ccc(N3CCN(C)CC3)cc2C2CN(C(=O)C(F)F)CCO2)cc2nccnc12. The van der Waals surface area contributed by atoms with E-state index in [4.69, 9.17) is 9.72 Å². The summed E-state index contributed by atoms with van der Waals surface area (Å²) < 4.78 is 32.4. The van der Waals surface area contributed by atoms with Crippen LogP contribution in [0.4, 0.5) is 20.3 Å². The Balaban J connectivity index is 1.58. The van der Waals surface area contributed by atoms with Crippen LogP contribution in [0.2, 0.25) is 0 Å². The Bertz CT molecular complexity index is 1250. The zero-order valence-corrected chi connectivity index (χ0v) is 20.3. The summed E-state index contributed by atoms with van der Waals surface area (Å²) in [6.07, 6.45) is -0.369. The fraction of sp³-hybridized carbons (Fsp3) is 0.440. The van der Waals surface area contributed by atoms with Gasteiger partial charge >= 0.3 is 6.43 Å². The topological polar surface area (TPSA) is 86.7 Å². The second-order valence-corrected chi connectivity index (χ2v) is 9.04. The number of likely N-dealkylation sites (N-methyl/N-ethyl adjacent to an activating group) is 1. The van der Waals surface area contributed by atoms with Crippen LogP contribution in [0, 0.1) is 0 Å². The number of pyridine rings is 1. The smallest absolute Gasteiger partial charge is 0.315 e. The van der Waals surface area contributed by atoms with Crippen molar-refractivity contribution in [3.63, 3.8) is 0 Å². The molecule has 5 rings (SSSR count). The number of piperazine rings is 1. The van der Waals surface area contributed by atoms with E-state index in [-0.39, 0.29) is 19.7 Å². The lowest BCUT2D eigenvalue weighted by molar-refractivity contribution is -0.150. The molecule has 0 bridgehead atoms. The van der Waals surface area contributed by atoms with Crippen molar-refractivity contribution in [2.75, 3.05) is 70.2 Å². The number of nitrogens with zero attached hydrogens (tertiary/aromatic N) is 6. The molecule has 4 heterocycles. The number of anilines is 2. The molecule has 2 fully saturated rings. The van der Waals surface area contributed by atoms with Gasteiger partial charge in [0.05, 0.1) is 24.4 Å². The number of benzene rings is 1. The quantitative estimate of drug-likeness (QED) is 0.576. The third-order valence-corrected chi connectivity index (χ3v) is 6.78. The Hall–Kier alpha value is -3.44. The van der Waals surface area contributed by atoms with Gasteiger partial charge in [0, 0.05) is 63.4 Å². The van der Waals surface area contributed by atoms with Gasteiger partial charge in [0.15, 0.2) is 5.82 Å². The van der Waals surface area contributed by atoms with Crippen molar-refractivity contribution >= 4 is 28.4 Å². The molecule has 1 unspecified atom stereocenters. The molecule has 190 valence electrons. The Morgan fingerprint density at radius 2 is 1.89 bits per heavy atom. The summed E-state index contributed by atoms with van der Waals surface area (Å²) in [7, 11) is 3.87. The highest BCUT2D eigenvalue weighted by atomic mass is 19.3. The average molecular weight is 498 g/mol. The number of carbonyl (C=O) groups is 1. The lowest BCUT2D eigenvalue weighted by atomic mass is 9.96. The summed E-state index contributed by atoms with van der Waals surface area (Å²) >= 11 is 0. The molecule has 36 heavy (non-hydrogen) atoms. The number of aromatic nitrogens is 3. The van der Waals surface area contributed by atoms with Crippen LogP contribution in [0.25, 0.3) is 22.3 Å². The largest absolute Gasteiger partial charge is 0.371 e. The first-order valence-electron chi connectivity index (χ1n) is 12.0. The lowest BCUT2D eigenvalue weighted by Gasteiger charge is -2.36. The predicted octanol–water partition coefficient (Wildman–Crippen LogP) is 2.65. The first kappa shape index (κ1) is 24.3. The van der Waals surface area contributed by atoms with E-state index < -0.39 is 18.4 Å². The van der Waals surface area contributed by atoms with Crippen LogP contribution in [0.1, 0.15) is 11.7 Å². The normalized spacial score (nSPS) is 19.2. The number of amides is 1. The molecule has 2 aliphatic heterocycles. The van der Waals surface area contributed by atoms with Crippen LogP contribution in [0.15, 0.2) is 36.7 Å². The summed E-state index contributed by atoms with van der Waals surface area (Å²) in [5.41, 5.74) is 4.62. The summed E-state index contributed by atoms with van der Waals surface area (Å²) in [6, 6.07) is 7.95. The molecule has 1 N–H and O–H groups in total. The number of hydrogen-bond acceptors (Lipinski definition) is 8. The van der Waals surface area contributed by atoms with Crippen LogP contribution < -0.4 is 10.2 Å². The zero-order valence-electron chi connectivity index (χ0n) is 20.3. The molecular formula is C25H29F2N7O2. The van der Waals surface area contributed by atoms with Crippen molar-refractivity contribution in [1.29, 1.82) is 0 Å². The van der Waals surface area contributed by atoms with E-state index in [1.807, 2.05) is 18.2 Å². The second-order valence-electron chi connectivity index (χ2n) is 9.04. The number of fused-ring (bicyclic) bond motifs is 1. The first-order valence-corrected chi connectivity index (χ1v) is 12.0. The van der Waals surface area contributed by atoms with Gasteiger partial charge in [-0.2, -0.15) is 8.78 Å². The van der Waals surface area contributed by atoms with E-state index in [1.165, 1.54) is 4.90 Å². The molecule has 2 saturated heterocycles. The third-order valence-electron chi connectivity index (χ3n) is 6.78. The highest BCUT2D eigenvalue weighted by Gasteiger charge is 2.32. The molecule has 9 nitrogen and oxygen atoms in total. The van der Waals surface area contributed by atoms with Gasteiger partial charge < -0.3 is 24.8 Å². The molecule has 2 aromatic heterocycles. The maximum absolute atomic E-state index is 13.2. The Labute approximate surface area is 208 Å². The average Bonchev–Trinajstić information content (AvgIpc) is 2.92. The molecule has 0 aliphatic carbocycles. The summed E-state index contributed by atoms with van der Waals surface area (Å²) in [5.74, 6) is -0.583. The summed E-state index contributed by atoms with van der Waals surface area (Å²) in [4.78, 5) is 31.5. The molecule has 0 radical (unpaired) electrons. The van der Waals surface area contributed by atoms with E-state index in [1.54, 1.807) is 19.4 Å². The Morgan fingerprint density at radius 3 is 2.64 bits per heavy atom. The molecule has 0 saturated carbocycles. The minimum atomic E-state index is -3.04. The molecule has 11 heteroatoms. The zero-order chi connectivity index (χ0) is 25.2. The summed E-state index contributed by atoms with van der Waals surface area (Å²) in [6.45, 7) is 4.03. The predicted molar refractivity (Wildman–Crippen MR) is 133 cm³/mol. The molecular weight excluding hydrogens is 468 g/mol. The van der Waals surface area contributed by atoms with E-state index in [0.29, 0.717) is 22.5 Å². The van der Waals surface area contributed by atoms with Crippen molar-refractivity contribution in [2.24, 2.45) is 0 Å². The van der Waals surface area contributed by atoms with Crippen molar-refractivity contribution < 1.29 is 18.3 Å². The monoisotopic (exact) mass is 497 g/mol. The van der Waals surface area contributed by atoms with Crippen LogP contribution >= 0.6 is 0 Å². The fourth-order valence-corrected chi connectivity index (χ4v) is 4.77. The van der Waals surface area contributed by atoms with Crippen LogP contribution in [0.3, 0.4) is 0 Å². The minimum absolute atomic E-state index is 0.0502. The molecule has 1 atom stereocenters. The molecule has 2 aliphatic rings. The number of halogens is 2. The van der Waals surface area contributed by atoms with Gasteiger partial charge in [0.2, 0.25) is 0 Å². The van der Waals surface area contributed by atoms with Gasteiger partial charge in [0.1, 0.15) is 11.6 Å². The van der Waals surface area contributed by atoms with Gasteiger partial charge in [-0.05, 0) is 30.8 Å². The number of hydrogen-bond donors (Lipinski definition) is 1. The van der Waals surface area contributed by atoms with Crippen molar-refractivity contribution in [3.05, 3.63) is 42.2 Å². The van der Waals surface area contributed by atoms with Crippen LogP contribution in [-0.4, -0.2) is 97.1 Å². The molecule has 3 aromatic rings. The number of morpholine rings is 1. The van der Waals surface area contributed by atoms with Gasteiger partial charge in [-0.1, -0.05) is 6.07 Å². The Morgan fingerprint density at radius 1 is 1.11 bits per heavy atom. The van der Waals surface area contributed by atoms with E-state index in [0.717, 1.165) is 43.0 Å². The number of nitrogens with one attached hydrogen (secondary N) is 1. The van der Waals surface area contributed by atoms with Crippen LogP contribution in [-0.2, 0) is 9.53 Å². The first-order chi connectivity index (χ1) is 17.4. The lowest BCUT2D eigenvalue weighted by Crippen LogP contribution is -2.45. The Kier molecular flexibility index (Phi) is 6.92. The second kappa shape index (κ2) is 10.3. The van der Waals surface area contributed by atoms with Gasteiger partial charge in [0.25, 0.3) is 5.91 Å². The minimum Gasteiger partial charge on any atom is -0.371 e. The maximum atomic E-state index is 13.2. The highest BCUT2D eigenvalue weighted by molar-refractivity contribution is 5.89. The van der Waals surface area contributed by atoms with Gasteiger partial charge in [-0.25, -0.2) is 9.97 Å². The third kappa shape index (κ3) is 4.80. The van der Waals surface area contributed by atoms with Gasteiger partial charge in [-0.3, -0.25) is 9.78 Å². The van der Waals surface area contributed by atoms with E-state index in [9.17, 15) is 13.6 Å². The van der Waals surface area contributed by atoms with E-state index in [2.05, 4.69) is 38.2 Å². The fourth-order valence-electron chi connectivity index (χ4n) is 4.77. The number of alkyl halides is 2.